The Hall–Kier alpha value is -0.416. The third-order valence-electron chi connectivity index (χ3n) is 2.53. The quantitative estimate of drug-likeness (QED) is 0.571. The molecule has 2 fully saturated rings. The van der Waals surface area contributed by atoms with Gasteiger partial charge < -0.3 is 4.74 Å². The van der Waals surface area contributed by atoms with Crippen molar-refractivity contribution in [3.8, 4) is 0 Å². The average molecular weight is 291 g/mol. The van der Waals surface area contributed by atoms with Crippen molar-refractivity contribution in [3.05, 3.63) is 0 Å². The van der Waals surface area contributed by atoms with Gasteiger partial charge >= 0.3 is 6.09 Å². The fourth-order valence-electron chi connectivity index (χ4n) is 1.67. The molecule has 6 nitrogen and oxygen atoms in total. The molecule has 0 atom stereocenters. The Labute approximate surface area is 114 Å². The van der Waals surface area contributed by atoms with Gasteiger partial charge in [-0.3, -0.25) is 14.8 Å². The number of carbonyl (C=O) groups is 1. The Balaban J connectivity index is 0.000000225. The van der Waals surface area contributed by atoms with Gasteiger partial charge in [0.1, 0.15) is 15.3 Å². The molecule has 2 heterocycles. The van der Waals surface area contributed by atoms with Crippen molar-refractivity contribution in [1.82, 2.24) is 20.2 Å². The van der Waals surface area contributed by atoms with Crippen molar-refractivity contribution in [1.29, 1.82) is 0 Å². The monoisotopic (exact) mass is 290 g/mol. The molecule has 2 N–H and O–H groups in total. The molecular formula is C10H26N4O2Si2. The second-order valence-electron chi connectivity index (χ2n) is 5.58. The lowest BCUT2D eigenvalue weighted by Crippen LogP contribution is -2.42. The highest BCUT2D eigenvalue weighted by Gasteiger charge is 2.23. The lowest BCUT2D eigenvalue weighted by atomic mass is 10.2. The summed E-state index contributed by atoms with van der Waals surface area (Å²) < 4.78 is 9.09. The molecular weight excluding hydrogens is 264 g/mol. The van der Waals surface area contributed by atoms with E-state index in [4.69, 9.17) is 4.74 Å². The molecule has 0 aliphatic carbocycles. The molecule has 18 heavy (non-hydrogen) atoms. The van der Waals surface area contributed by atoms with E-state index in [1.54, 1.807) is 4.67 Å². The van der Waals surface area contributed by atoms with Crippen molar-refractivity contribution in [2.45, 2.75) is 38.5 Å². The summed E-state index contributed by atoms with van der Waals surface area (Å²) in [6.07, 6.45) is -0.216. The summed E-state index contributed by atoms with van der Waals surface area (Å²) >= 11 is 0. The minimum atomic E-state index is -0.412. The zero-order valence-corrected chi connectivity index (χ0v) is 14.8. The third kappa shape index (κ3) is 6.50. The zero-order chi connectivity index (χ0) is 13.6. The van der Waals surface area contributed by atoms with Crippen molar-refractivity contribution < 1.29 is 9.53 Å². The maximum atomic E-state index is 11.3. The SMILES string of the molecule is CC(C)(C)OC(=O)N1NCC[SiH2]1.CN1NCC[SiH2]1. The number of amides is 1. The van der Waals surface area contributed by atoms with E-state index in [-0.39, 0.29) is 21.4 Å². The summed E-state index contributed by atoms with van der Waals surface area (Å²) in [5.41, 5.74) is 5.83. The second-order valence-corrected chi connectivity index (χ2v) is 9.47. The molecule has 0 saturated carbocycles. The van der Waals surface area contributed by atoms with Gasteiger partial charge in [0.15, 0.2) is 9.68 Å². The van der Waals surface area contributed by atoms with Crippen LogP contribution in [0.15, 0.2) is 0 Å². The molecule has 106 valence electrons. The number of hydrogen-bond acceptors (Lipinski definition) is 5. The van der Waals surface area contributed by atoms with Gasteiger partial charge in [-0.25, -0.2) is 10.2 Å². The molecule has 2 aliphatic rings. The molecule has 0 aromatic rings. The lowest BCUT2D eigenvalue weighted by Gasteiger charge is -2.24. The van der Waals surface area contributed by atoms with Crippen LogP contribution in [0.25, 0.3) is 0 Å². The molecule has 0 aromatic heterocycles. The van der Waals surface area contributed by atoms with Crippen molar-refractivity contribution in [2.75, 3.05) is 20.1 Å². The van der Waals surface area contributed by atoms with E-state index in [0.29, 0.717) is 0 Å². The molecule has 2 rings (SSSR count). The number of carbonyl (C=O) groups excluding carboxylic acids is 1. The van der Waals surface area contributed by atoms with E-state index >= 15 is 0 Å². The van der Waals surface area contributed by atoms with Crippen LogP contribution < -0.4 is 10.9 Å². The Morgan fingerprint density at radius 1 is 1.17 bits per heavy atom. The van der Waals surface area contributed by atoms with Gasteiger partial charge in [-0.05, 0) is 39.9 Å². The minimum Gasteiger partial charge on any atom is -0.443 e. The molecule has 2 saturated heterocycles. The van der Waals surface area contributed by atoms with Gasteiger partial charge in [0.25, 0.3) is 0 Å². The van der Waals surface area contributed by atoms with E-state index in [1.165, 1.54) is 12.6 Å². The number of ether oxygens (including phenoxy) is 1. The average Bonchev–Trinajstić information content (AvgIpc) is 2.86. The van der Waals surface area contributed by atoms with Gasteiger partial charge in [0.2, 0.25) is 0 Å². The summed E-state index contributed by atoms with van der Waals surface area (Å²) in [5, 5.41) is 0. The van der Waals surface area contributed by atoms with E-state index in [2.05, 4.69) is 22.6 Å². The van der Waals surface area contributed by atoms with Crippen LogP contribution in [-0.4, -0.2) is 60.5 Å². The van der Waals surface area contributed by atoms with E-state index < -0.39 is 9.68 Å². The summed E-state index contributed by atoms with van der Waals surface area (Å²) in [6.45, 7) is 7.78. The van der Waals surface area contributed by atoms with E-state index in [9.17, 15) is 4.79 Å². The molecule has 0 aromatic carbocycles. The Bertz CT molecular complexity index is 261. The van der Waals surface area contributed by atoms with Gasteiger partial charge in [-0.15, -0.1) is 0 Å². The van der Waals surface area contributed by atoms with Crippen LogP contribution in [0.5, 0.6) is 0 Å². The van der Waals surface area contributed by atoms with Gasteiger partial charge in [-0.2, -0.15) is 0 Å². The Kier molecular flexibility index (Phi) is 6.29. The van der Waals surface area contributed by atoms with E-state index in [1.807, 2.05) is 20.8 Å². The van der Waals surface area contributed by atoms with Crippen LogP contribution in [0.2, 0.25) is 12.1 Å². The molecule has 0 bridgehead atoms. The largest absolute Gasteiger partial charge is 0.443 e. The predicted molar refractivity (Wildman–Crippen MR) is 78.5 cm³/mol. The Morgan fingerprint density at radius 2 is 1.78 bits per heavy atom. The number of nitrogens with one attached hydrogen (secondary N) is 2. The first kappa shape index (κ1) is 15.6. The summed E-state index contributed by atoms with van der Waals surface area (Å²) in [4.78, 5) is 11.3. The summed E-state index contributed by atoms with van der Waals surface area (Å²) in [5.74, 6) is 0. The normalized spacial score (nSPS) is 23.2. The highest BCUT2D eigenvalue weighted by Crippen LogP contribution is 2.09. The predicted octanol–water partition coefficient (Wildman–Crippen LogP) is -0.818. The highest BCUT2D eigenvalue weighted by molar-refractivity contribution is 6.37. The first-order valence-corrected chi connectivity index (χ1v) is 9.83. The van der Waals surface area contributed by atoms with Gasteiger partial charge in [0, 0.05) is 13.1 Å². The van der Waals surface area contributed by atoms with Crippen molar-refractivity contribution in [2.24, 2.45) is 0 Å². The lowest BCUT2D eigenvalue weighted by molar-refractivity contribution is 0.0340. The number of hydrogen-bond donors (Lipinski definition) is 2. The molecule has 8 heteroatoms. The molecule has 1 amide bonds. The number of rotatable bonds is 0. The first-order valence-electron chi connectivity index (χ1n) is 6.57. The maximum absolute atomic E-state index is 11.3. The van der Waals surface area contributed by atoms with Crippen LogP contribution in [-0.2, 0) is 4.74 Å². The van der Waals surface area contributed by atoms with Crippen LogP contribution in [0.1, 0.15) is 20.8 Å². The zero-order valence-electron chi connectivity index (χ0n) is 12.0. The fraction of sp³-hybridized carbons (Fsp3) is 0.900. The summed E-state index contributed by atoms with van der Waals surface area (Å²) in [6, 6.07) is 2.58. The van der Waals surface area contributed by atoms with Gasteiger partial charge in [-0.1, -0.05) is 0 Å². The Morgan fingerprint density at radius 3 is 2.11 bits per heavy atom. The second kappa shape index (κ2) is 7.24. The highest BCUT2D eigenvalue weighted by atomic mass is 28.2. The molecule has 0 radical (unpaired) electrons. The standard InChI is InChI=1S/C7H16N2O2Si.C3H10N2Si/c1-7(2,3)11-6(10)9-8-4-5-12-9;1-5-4-2-3-6-5/h8H,4-5,12H2,1-3H3;4H,2-3,6H2,1H3. The number of nitrogens with zero attached hydrogens (tertiary/aromatic N) is 2. The first-order chi connectivity index (χ1) is 8.38. The molecule has 0 unspecified atom stereocenters. The fourth-order valence-corrected chi connectivity index (χ4v) is 3.97. The maximum Gasteiger partial charge on any atom is 0.415 e. The molecule has 0 spiro atoms. The van der Waals surface area contributed by atoms with Crippen LogP contribution >= 0.6 is 0 Å². The smallest absolute Gasteiger partial charge is 0.415 e. The van der Waals surface area contributed by atoms with Crippen LogP contribution in [0.4, 0.5) is 4.79 Å². The minimum absolute atomic E-state index is 0.190. The topological polar surface area (TPSA) is 56.8 Å². The van der Waals surface area contributed by atoms with Crippen molar-refractivity contribution in [3.63, 3.8) is 0 Å². The third-order valence-corrected chi connectivity index (χ3v) is 5.69. The molecule has 2 aliphatic heterocycles. The van der Waals surface area contributed by atoms with Crippen molar-refractivity contribution >= 4 is 25.5 Å². The van der Waals surface area contributed by atoms with Crippen LogP contribution in [0, 0.1) is 0 Å². The summed E-state index contributed by atoms with van der Waals surface area (Å²) in [7, 11) is 1.90. The van der Waals surface area contributed by atoms with Crippen LogP contribution in [0.3, 0.4) is 0 Å². The van der Waals surface area contributed by atoms with Gasteiger partial charge in [0.05, 0.1) is 0 Å². The van der Waals surface area contributed by atoms with E-state index in [0.717, 1.165) is 12.6 Å². The number of hydrazine groups is 2.